The zero-order chi connectivity index (χ0) is 20.1. The van der Waals surface area contributed by atoms with E-state index in [1.165, 1.54) is 23.8 Å². The quantitative estimate of drug-likeness (QED) is 0.677. The van der Waals surface area contributed by atoms with Gasteiger partial charge in [-0.1, -0.05) is 30.3 Å². The molecule has 28 heavy (non-hydrogen) atoms. The highest BCUT2D eigenvalue weighted by atomic mass is 16.5. The van der Waals surface area contributed by atoms with E-state index in [1.54, 1.807) is 14.2 Å². The topological polar surface area (TPSA) is 72.6 Å². The van der Waals surface area contributed by atoms with E-state index < -0.39 is 0 Å². The highest BCUT2D eigenvalue weighted by Crippen LogP contribution is 2.31. The van der Waals surface area contributed by atoms with Crippen molar-refractivity contribution in [2.45, 2.75) is 25.4 Å². The number of benzene rings is 2. The van der Waals surface area contributed by atoms with Crippen LogP contribution in [0.1, 0.15) is 24.2 Å². The van der Waals surface area contributed by atoms with Crippen molar-refractivity contribution < 1.29 is 19.0 Å². The lowest BCUT2D eigenvalue weighted by Gasteiger charge is -2.27. The number of H-pyrrole nitrogens is 1. The molecule has 0 amide bonds. The minimum Gasteiger partial charge on any atom is -0.493 e. The zero-order valence-electron chi connectivity index (χ0n) is 16.6. The van der Waals surface area contributed by atoms with Crippen molar-refractivity contribution in [1.82, 2.24) is 10.3 Å². The number of aromatic nitrogens is 1. The fraction of sp³-hybridized carbons (Fsp3) is 0.318. The van der Waals surface area contributed by atoms with E-state index in [2.05, 4.69) is 29.4 Å². The van der Waals surface area contributed by atoms with E-state index in [4.69, 9.17) is 14.2 Å². The molecule has 2 aromatic carbocycles. The van der Waals surface area contributed by atoms with Gasteiger partial charge in [-0.2, -0.15) is 0 Å². The number of methoxy groups -OCH3 is 3. The van der Waals surface area contributed by atoms with Gasteiger partial charge in [0.05, 0.1) is 21.3 Å². The van der Waals surface area contributed by atoms with Crippen LogP contribution in [0.4, 0.5) is 0 Å². The van der Waals surface area contributed by atoms with Gasteiger partial charge in [-0.3, -0.25) is 10.1 Å². The van der Waals surface area contributed by atoms with Crippen LogP contribution >= 0.6 is 0 Å². The van der Waals surface area contributed by atoms with Crippen LogP contribution in [0.3, 0.4) is 0 Å². The molecule has 0 aliphatic carbocycles. The third-order valence-electron chi connectivity index (χ3n) is 4.91. The summed E-state index contributed by atoms with van der Waals surface area (Å²) in [5, 5.41) is 4.48. The fourth-order valence-corrected chi connectivity index (χ4v) is 3.54. The largest absolute Gasteiger partial charge is 0.493 e. The number of carbonyl (C=O) groups excluding carboxylic acids is 1. The SMILES string of the molecule is COC(=O)C1Cc2c([nH]c3ccccc23)C(C)N1.COc1ccccc1OC. The Kier molecular flexibility index (Phi) is 6.21. The van der Waals surface area contributed by atoms with E-state index in [-0.39, 0.29) is 18.1 Å². The first-order valence-corrected chi connectivity index (χ1v) is 9.19. The first kappa shape index (κ1) is 19.8. The Morgan fingerprint density at radius 1 is 0.964 bits per heavy atom. The number of para-hydroxylation sites is 3. The van der Waals surface area contributed by atoms with Crippen LogP contribution in [-0.4, -0.2) is 38.3 Å². The molecule has 1 aliphatic rings. The Bertz CT molecular complexity index is 928. The lowest BCUT2D eigenvalue weighted by Crippen LogP contribution is -2.44. The van der Waals surface area contributed by atoms with Crippen molar-refractivity contribution in [3.05, 3.63) is 59.8 Å². The number of carbonyl (C=O) groups is 1. The lowest BCUT2D eigenvalue weighted by molar-refractivity contribution is -0.143. The standard InChI is InChI=1S/C14H16N2O2.C8H10O2/c1-8-13-10(7-12(15-8)14(17)18-2)9-5-3-4-6-11(9)16-13;1-9-7-5-3-4-6-8(7)10-2/h3-6,8,12,15-16H,7H2,1-2H3;3-6H,1-2H3. The number of fused-ring (bicyclic) bond motifs is 3. The van der Waals surface area contributed by atoms with Crippen LogP contribution in [0.25, 0.3) is 10.9 Å². The third kappa shape index (κ3) is 3.97. The number of hydrogen-bond donors (Lipinski definition) is 2. The van der Waals surface area contributed by atoms with Crippen LogP contribution in [0.2, 0.25) is 0 Å². The van der Waals surface area contributed by atoms with Crippen LogP contribution in [0.15, 0.2) is 48.5 Å². The minimum absolute atomic E-state index is 0.130. The smallest absolute Gasteiger partial charge is 0.323 e. The Balaban J connectivity index is 0.000000192. The number of nitrogens with one attached hydrogen (secondary N) is 2. The van der Waals surface area contributed by atoms with Gasteiger partial charge in [0.15, 0.2) is 11.5 Å². The second kappa shape index (κ2) is 8.80. The summed E-state index contributed by atoms with van der Waals surface area (Å²) in [6.07, 6.45) is 0.677. The molecule has 4 rings (SSSR count). The second-order valence-electron chi connectivity index (χ2n) is 6.59. The molecule has 2 heterocycles. The van der Waals surface area contributed by atoms with E-state index in [0.29, 0.717) is 6.42 Å². The van der Waals surface area contributed by atoms with Gasteiger partial charge < -0.3 is 19.2 Å². The van der Waals surface area contributed by atoms with Crippen LogP contribution < -0.4 is 14.8 Å². The molecule has 2 unspecified atom stereocenters. The predicted octanol–water partition coefficient (Wildman–Crippen LogP) is 3.62. The van der Waals surface area contributed by atoms with Gasteiger partial charge in [-0.25, -0.2) is 0 Å². The van der Waals surface area contributed by atoms with Gasteiger partial charge in [0, 0.05) is 29.1 Å². The molecule has 0 spiro atoms. The number of esters is 1. The van der Waals surface area contributed by atoms with Crippen LogP contribution in [0.5, 0.6) is 11.5 Å². The summed E-state index contributed by atoms with van der Waals surface area (Å²) in [6, 6.07) is 15.6. The molecular formula is C22H26N2O4. The van der Waals surface area contributed by atoms with Gasteiger partial charge in [0.2, 0.25) is 0 Å². The van der Waals surface area contributed by atoms with Crippen molar-refractivity contribution in [3.8, 4) is 11.5 Å². The number of hydrogen-bond acceptors (Lipinski definition) is 5. The van der Waals surface area contributed by atoms with E-state index in [1.807, 2.05) is 36.4 Å². The number of aromatic amines is 1. The van der Waals surface area contributed by atoms with Gasteiger partial charge in [0.25, 0.3) is 0 Å². The van der Waals surface area contributed by atoms with Crippen molar-refractivity contribution in [1.29, 1.82) is 0 Å². The molecule has 2 atom stereocenters. The predicted molar refractivity (Wildman–Crippen MR) is 109 cm³/mol. The Morgan fingerprint density at radius 3 is 2.18 bits per heavy atom. The first-order chi connectivity index (χ1) is 13.6. The maximum Gasteiger partial charge on any atom is 0.323 e. The maximum absolute atomic E-state index is 11.7. The third-order valence-corrected chi connectivity index (χ3v) is 4.91. The van der Waals surface area contributed by atoms with Crippen molar-refractivity contribution in [2.75, 3.05) is 21.3 Å². The molecule has 6 nitrogen and oxygen atoms in total. The van der Waals surface area contributed by atoms with Crippen molar-refractivity contribution in [2.24, 2.45) is 0 Å². The molecule has 6 heteroatoms. The van der Waals surface area contributed by atoms with Crippen LogP contribution in [-0.2, 0) is 16.0 Å². The molecule has 148 valence electrons. The van der Waals surface area contributed by atoms with Gasteiger partial charge in [-0.15, -0.1) is 0 Å². The van der Waals surface area contributed by atoms with E-state index in [0.717, 1.165) is 17.0 Å². The second-order valence-corrected chi connectivity index (χ2v) is 6.59. The summed E-state index contributed by atoms with van der Waals surface area (Å²) in [5.41, 5.74) is 3.53. The summed E-state index contributed by atoms with van der Waals surface area (Å²) >= 11 is 0. The normalized spacial score (nSPS) is 17.9. The van der Waals surface area contributed by atoms with E-state index in [9.17, 15) is 4.79 Å². The Hall–Kier alpha value is -2.99. The maximum atomic E-state index is 11.7. The van der Waals surface area contributed by atoms with Crippen molar-refractivity contribution >= 4 is 16.9 Å². The van der Waals surface area contributed by atoms with Gasteiger partial charge in [0.1, 0.15) is 6.04 Å². The summed E-state index contributed by atoms with van der Waals surface area (Å²) in [7, 11) is 4.68. The molecule has 0 bridgehead atoms. The summed E-state index contributed by atoms with van der Waals surface area (Å²) in [4.78, 5) is 15.1. The fourth-order valence-electron chi connectivity index (χ4n) is 3.54. The molecule has 3 aromatic rings. The Labute approximate surface area is 164 Å². The van der Waals surface area contributed by atoms with Crippen LogP contribution in [0, 0.1) is 0 Å². The zero-order valence-corrected chi connectivity index (χ0v) is 16.6. The highest BCUT2D eigenvalue weighted by molar-refractivity contribution is 5.87. The molecule has 1 aliphatic heterocycles. The molecule has 0 radical (unpaired) electrons. The molecule has 1 aromatic heterocycles. The molecule has 2 N–H and O–H groups in total. The van der Waals surface area contributed by atoms with E-state index >= 15 is 0 Å². The van der Waals surface area contributed by atoms with Gasteiger partial charge >= 0.3 is 5.97 Å². The molecular weight excluding hydrogens is 356 g/mol. The average Bonchev–Trinajstić information content (AvgIpc) is 3.13. The first-order valence-electron chi connectivity index (χ1n) is 9.19. The van der Waals surface area contributed by atoms with Gasteiger partial charge in [-0.05, 0) is 30.7 Å². The number of ether oxygens (including phenoxy) is 3. The minimum atomic E-state index is -0.253. The lowest BCUT2D eigenvalue weighted by atomic mass is 9.95. The number of rotatable bonds is 3. The summed E-state index contributed by atoms with van der Waals surface area (Å²) in [6.45, 7) is 2.06. The highest BCUT2D eigenvalue weighted by Gasteiger charge is 2.31. The monoisotopic (exact) mass is 382 g/mol. The average molecular weight is 382 g/mol. The van der Waals surface area contributed by atoms with Crippen molar-refractivity contribution in [3.63, 3.8) is 0 Å². The summed E-state index contributed by atoms with van der Waals surface area (Å²) in [5.74, 6) is 1.34. The Morgan fingerprint density at radius 2 is 1.57 bits per heavy atom. The molecule has 0 saturated heterocycles. The summed E-state index contributed by atoms with van der Waals surface area (Å²) < 4.78 is 14.9. The molecule has 0 saturated carbocycles. The molecule has 0 fully saturated rings.